The summed E-state index contributed by atoms with van der Waals surface area (Å²) >= 11 is 0. The molecule has 2 rings (SSSR count). The van der Waals surface area contributed by atoms with Crippen molar-refractivity contribution in [1.29, 1.82) is 0 Å². The Kier molecular flexibility index (Phi) is 4.77. The summed E-state index contributed by atoms with van der Waals surface area (Å²) < 4.78 is 13.2. The van der Waals surface area contributed by atoms with Gasteiger partial charge in [-0.1, -0.05) is 19.8 Å². The van der Waals surface area contributed by atoms with Gasteiger partial charge in [-0.05, 0) is 37.0 Å². The molecule has 5 nitrogen and oxygen atoms in total. The first-order chi connectivity index (χ1) is 9.97. The highest BCUT2D eigenvalue weighted by Crippen LogP contribution is 2.24. The maximum atomic E-state index is 13.2. The van der Waals surface area contributed by atoms with E-state index >= 15 is 0 Å². The largest absolute Gasteiger partial charge is 0.478 e. The van der Waals surface area contributed by atoms with E-state index in [9.17, 15) is 14.0 Å². The zero-order valence-corrected chi connectivity index (χ0v) is 11.9. The first-order valence-corrected chi connectivity index (χ1v) is 7.07. The van der Waals surface area contributed by atoms with Gasteiger partial charge in [0.2, 0.25) is 0 Å². The fraction of sp³-hybridized carbons (Fsp3) is 0.467. The molecule has 2 amide bonds. The number of nitrogens with one attached hydrogen (secondary N) is 2. The third-order valence-corrected chi connectivity index (χ3v) is 3.89. The molecule has 0 bridgehead atoms. The number of aromatic carboxylic acids is 1. The number of amides is 2. The van der Waals surface area contributed by atoms with Crippen LogP contribution < -0.4 is 10.6 Å². The number of benzene rings is 1. The summed E-state index contributed by atoms with van der Waals surface area (Å²) in [5.41, 5.74) is -0.174. The van der Waals surface area contributed by atoms with Gasteiger partial charge in [-0.25, -0.2) is 14.0 Å². The second kappa shape index (κ2) is 6.56. The molecular weight excluding hydrogens is 275 g/mol. The second-order valence-corrected chi connectivity index (χ2v) is 5.46. The Hall–Kier alpha value is -2.11. The van der Waals surface area contributed by atoms with Crippen LogP contribution in [0.1, 0.15) is 43.0 Å². The number of halogens is 1. The zero-order chi connectivity index (χ0) is 15.4. The number of hydrogen-bond acceptors (Lipinski definition) is 2. The van der Waals surface area contributed by atoms with Crippen LogP contribution in [0, 0.1) is 11.7 Å². The first kappa shape index (κ1) is 15.3. The minimum atomic E-state index is -1.21. The summed E-state index contributed by atoms with van der Waals surface area (Å²) in [6, 6.07) is 2.77. The predicted molar refractivity (Wildman–Crippen MR) is 76.9 cm³/mol. The Labute approximate surface area is 122 Å². The van der Waals surface area contributed by atoms with Crippen molar-refractivity contribution in [1.82, 2.24) is 5.32 Å². The van der Waals surface area contributed by atoms with Gasteiger partial charge in [0.05, 0.1) is 11.3 Å². The van der Waals surface area contributed by atoms with Crippen molar-refractivity contribution in [3.05, 3.63) is 29.6 Å². The maximum Gasteiger partial charge on any atom is 0.337 e. The van der Waals surface area contributed by atoms with E-state index in [2.05, 4.69) is 17.6 Å². The number of carboxylic acids is 1. The quantitative estimate of drug-likeness (QED) is 0.801. The van der Waals surface area contributed by atoms with Crippen molar-refractivity contribution in [2.24, 2.45) is 5.92 Å². The Bertz CT molecular complexity index is 548. The van der Waals surface area contributed by atoms with Crippen LogP contribution in [0.3, 0.4) is 0 Å². The minimum Gasteiger partial charge on any atom is -0.478 e. The molecule has 1 saturated carbocycles. The van der Waals surface area contributed by atoms with Gasteiger partial charge in [0.1, 0.15) is 5.82 Å². The van der Waals surface area contributed by atoms with Crippen LogP contribution in [-0.2, 0) is 0 Å². The zero-order valence-electron chi connectivity index (χ0n) is 11.9. The van der Waals surface area contributed by atoms with Crippen LogP contribution in [0.2, 0.25) is 0 Å². The molecule has 6 heteroatoms. The van der Waals surface area contributed by atoms with Crippen LogP contribution in [-0.4, -0.2) is 23.1 Å². The lowest BCUT2D eigenvalue weighted by Crippen LogP contribution is -2.43. The number of hydrogen-bond donors (Lipinski definition) is 3. The van der Waals surface area contributed by atoms with Crippen molar-refractivity contribution < 1.29 is 19.1 Å². The molecule has 21 heavy (non-hydrogen) atoms. The highest BCUT2D eigenvalue weighted by Gasteiger charge is 2.23. The van der Waals surface area contributed by atoms with Crippen LogP contribution in [0.4, 0.5) is 14.9 Å². The Morgan fingerprint density at radius 1 is 1.29 bits per heavy atom. The van der Waals surface area contributed by atoms with Crippen LogP contribution in [0.15, 0.2) is 18.2 Å². The van der Waals surface area contributed by atoms with E-state index in [-0.39, 0.29) is 17.3 Å². The highest BCUT2D eigenvalue weighted by atomic mass is 19.1. The molecule has 0 aliphatic heterocycles. The summed E-state index contributed by atoms with van der Waals surface area (Å²) in [6.45, 7) is 2.08. The topological polar surface area (TPSA) is 78.4 Å². The van der Waals surface area contributed by atoms with Gasteiger partial charge in [-0.3, -0.25) is 0 Å². The average Bonchev–Trinajstić information content (AvgIpc) is 2.41. The molecular formula is C15H19FN2O3. The molecule has 0 radical (unpaired) electrons. The fourth-order valence-corrected chi connectivity index (χ4v) is 2.66. The molecule has 1 aliphatic carbocycles. The SMILES string of the molecule is CC1CCCCC1NC(=O)Nc1cc(F)ccc1C(=O)O. The van der Waals surface area contributed by atoms with Gasteiger partial charge in [0, 0.05) is 6.04 Å². The third-order valence-electron chi connectivity index (χ3n) is 3.89. The number of carboxylic acid groups (broad SMARTS) is 1. The van der Waals surface area contributed by atoms with E-state index in [0.717, 1.165) is 43.9 Å². The van der Waals surface area contributed by atoms with Crippen molar-refractivity contribution in [3.63, 3.8) is 0 Å². The third kappa shape index (κ3) is 3.93. The van der Waals surface area contributed by atoms with Crippen LogP contribution >= 0.6 is 0 Å². The minimum absolute atomic E-state index is 0.0385. The summed E-state index contributed by atoms with van der Waals surface area (Å²) in [7, 11) is 0. The lowest BCUT2D eigenvalue weighted by molar-refractivity contribution is 0.0698. The molecule has 1 aromatic carbocycles. The summed E-state index contributed by atoms with van der Waals surface area (Å²) in [5.74, 6) is -1.42. The summed E-state index contributed by atoms with van der Waals surface area (Å²) in [5, 5.41) is 14.3. The van der Waals surface area contributed by atoms with Crippen molar-refractivity contribution in [2.45, 2.75) is 38.6 Å². The molecule has 0 saturated heterocycles. The molecule has 2 unspecified atom stereocenters. The van der Waals surface area contributed by atoms with E-state index < -0.39 is 17.8 Å². The number of carbonyl (C=O) groups excluding carboxylic acids is 1. The molecule has 1 aliphatic rings. The molecule has 0 heterocycles. The standard InChI is InChI=1S/C15H19FN2O3/c1-9-4-2-3-5-12(9)17-15(21)18-13-8-10(16)6-7-11(13)14(19)20/h6-9,12H,2-5H2,1H3,(H,19,20)(H2,17,18,21). The number of rotatable bonds is 3. The molecule has 0 aromatic heterocycles. The Morgan fingerprint density at radius 2 is 2.00 bits per heavy atom. The fourth-order valence-electron chi connectivity index (χ4n) is 2.66. The van der Waals surface area contributed by atoms with E-state index in [1.54, 1.807) is 0 Å². The van der Waals surface area contributed by atoms with Crippen LogP contribution in [0.25, 0.3) is 0 Å². The summed E-state index contributed by atoms with van der Waals surface area (Å²) in [4.78, 5) is 23.0. The smallest absolute Gasteiger partial charge is 0.337 e. The lowest BCUT2D eigenvalue weighted by atomic mass is 9.86. The molecule has 3 N–H and O–H groups in total. The van der Waals surface area contributed by atoms with Crippen molar-refractivity contribution >= 4 is 17.7 Å². The maximum absolute atomic E-state index is 13.2. The predicted octanol–water partition coefficient (Wildman–Crippen LogP) is 3.22. The number of anilines is 1. The van der Waals surface area contributed by atoms with Gasteiger partial charge >= 0.3 is 12.0 Å². The molecule has 1 aromatic rings. The van der Waals surface area contributed by atoms with E-state index in [4.69, 9.17) is 5.11 Å². The number of urea groups is 1. The van der Waals surface area contributed by atoms with Gasteiger partial charge in [-0.2, -0.15) is 0 Å². The normalized spacial score (nSPS) is 21.6. The van der Waals surface area contributed by atoms with Crippen molar-refractivity contribution in [2.75, 3.05) is 5.32 Å². The van der Waals surface area contributed by atoms with E-state index in [1.807, 2.05) is 0 Å². The first-order valence-electron chi connectivity index (χ1n) is 7.07. The highest BCUT2D eigenvalue weighted by molar-refractivity contribution is 6.00. The molecule has 1 fully saturated rings. The molecule has 0 spiro atoms. The second-order valence-electron chi connectivity index (χ2n) is 5.46. The van der Waals surface area contributed by atoms with Crippen LogP contribution in [0.5, 0.6) is 0 Å². The van der Waals surface area contributed by atoms with Gasteiger partial charge < -0.3 is 15.7 Å². The Morgan fingerprint density at radius 3 is 2.67 bits per heavy atom. The Balaban J connectivity index is 2.05. The average molecular weight is 294 g/mol. The lowest BCUT2D eigenvalue weighted by Gasteiger charge is -2.29. The van der Waals surface area contributed by atoms with Gasteiger partial charge in [0.15, 0.2) is 0 Å². The van der Waals surface area contributed by atoms with E-state index in [1.165, 1.54) is 0 Å². The molecule has 2 atom stereocenters. The van der Waals surface area contributed by atoms with Gasteiger partial charge in [0.25, 0.3) is 0 Å². The van der Waals surface area contributed by atoms with Crippen molar-refractivity contribution in [3.8, 4) is 0 Å². The van der Waals surface area contributed by atoms with E-state index in [0.29, 0.717) is 5.92 Å². The van der Waals surface area contributed by atoms with Gasteiger partial charge in [-0.15, -0.1) is 0 Å². The molecule has 114 valence electrons. The summed E-state index contributed by atoms with van der Waals surface area (Å²) in [6.07, 6.45) is 4.19. The monoisotopic (exact) mass is 294 g/mol. The number of carbonyl (C=O) groups is 2.